The number of hydrogen-bond acceptors (Lipinski definition) is 6. The molecule has 0 atom stereocenters. The maximum Gasteiger partial charge on any atom is 0.253 e. The number of amides is 2. The summed E-state index contributed by atoms with van der Waals surface area (Å²) >= 11 is 3.44. The van der Waals surface area contributed by atoms with Gasteiger partial charge in [0.2, 0.25) is 5.91 Å². The van der Waals surface area contributed by atoms with Crippen molar-refractivity contribution in [3.63, 3.8) is 0 Å². The molecule has 0 bridgehead atoms. The second-order valence-electron chi connectivity index (χ2n) is 7.45. The average molecular weight is 455 g/mol. The van der Waals surface area contributed by atoms with Gasteiger partial charge in [0.25, 0.3) is 5.91 Å². The van der Waals surface area contributed by atoms with Crippen LogP contribution in [0, 0.1) is 0 Å². The van der Waals surface area contributed by atoms with Crippen LogP contribution in [-0.4, -0.2) is 65.9 Å². The number of carbonyl (C=O) groups excluding carboxylic acids is 2. The number of likely N-dealkylation sites (N-methyl/N-ethyl adjacent to an activating group) is 1. The molecule has 1 aliphatic rings. The average Bonchev–Trinajstić information content (AvgIpc) is 3.21. The van der Waals surface area contributed by atoms with Gasteiger partial charge in [-0.25, -0.2) is 4.98 Å². The predicted molar refractivity (Wildman–Crippen MR) is 127 cm³/mol. The van der Waals surface area contributed by atoms with Gasteiger partial charge in [-0.2, -0.15) is 0 Å². The number of aromatic nitrogens is 1. The summed E-state index contributed by atoms with van der Waals surface area (Å²) in [4.78, 5) is 33.2. The lowest BCUT2D eigenvalue weighted by atomic mass is 10.1. The number of benzene rings is 2. The summed E-state index contributed by atoms with van der Waals surface area (Å²) in [5, 5.41) is 2.82. The minimum atomic E-state index is 0.0431. The zero-order valence-electron chi connectivity index (χ0n) is 17.5. The Labute approximate surface area is 190 Å². The fraction of sp³-hybridized carbons (Fsp3) is 0.348. The van der Waals surface area contributed by atoms with Gasteiger partial charge < -0.3 is 10.2 Å². The van der Waals surface area contributed by atoms with Crippen molar-refractivity contribution in [2.75, 3.05) is 39.3 Å². The first-order valence-electron chi connectivity index (χ1n) is 10.5. The Morgan fingerprint density at radius 2 is 1.81 bits per heavy atom. The van der Waals surface area contributed by atoms with Gasteiger partial charge in [-0.15, -0.1) is 11.3 Å². The summed E-state index contributed by atoms with van der Waals surface area (Å²) in [6.07, 6.45) is 0. The first kappa shape index (κ1) is 21.8. The fourth-order valence-corrected chi connectivity index (χ4v) is 5.57. The third-order valence-corrected chi connectivity index (χ3v) is 7.49. The maximum atomic E-state index is 12.8. The second kappa shape index (κ2) is 10.3. The summed E-state index contributed by atoms with van der Waals surface area (Å²) in [7, 11) is 0. The number of carbonyl (C=O) groups is 2. The third kappa shape index (κ3) is 5.64. The van der Waals surface area contributed by atoms with Crippen molar-refractivity contribution in [2.24, 2.45) is 0 Å². The molecule has 31 heavy (non-hydrogen) atoms. The molecule has 6 nitrogen and oxygen atoms in total. The molecule has 0 saturated carbocycles. The first-order chi connectivity index (χ1) is 15.1. The SMILES string of the molecule is CCNC(=O)CN1CCN(C(=O)c2ccc(CSc3nc4ccccc4s3)cc2)CC1. The first-order valence-corrected chi connectivity index (χ1v) is 12.3. The van der Waals surface area contributed by atoms with Crippen molar-refractivity contribution in [1.82, 2.24) is 20.1 Å². The highest BCUT2D eigenvalue weighted by Crippen LogP contribution is 2.31. The lowest BCUT2D eigenvalue weighted by molar-refractivity contribution is -0.122. The van der Waals surface area contributed by atoms with Crippen molar-refractivity contribution in [3.8, 4) is 0 Å². The fourth-order valence-electron chi connectivity index (χ4n) is 3.55. The molecule has 1 saturated heterocycles. The van der Waals surface area contributed by atoms with Crippen molar-refractivity contribution in [2.45, 2.75) is 17.0 Å². The molecule has 8 heteroatoms. The number of nitrogens with zero attached hydrogens (tertiary/aromatic N) is 3. The Balaban J connectivity index is 1.27. The van der Waals surface area contributed by atoms with Gasteiger partial charge in [0.05, 0.1) is 16.8 Å². The van der Waals surface area contributed by atoms with E-state index >= 15 is 0 Å². The van der Waals surface area contributed by atoms with E-state index in [1.807, 2.05) is 54.3 Å². The number of thiazole rings is 1. The monoisotopic (exact) mass is 454 g/mol. The van der Waals surface area contributed by atoms with E-state index in [0.29, 0.717) is 31.7 Å². The summed E-state index contributed by atoms with van der Waals surface area (Å²) in [6.45, 7) is 5.70. The molecule has 2 heterocycles. The number of nitrogens with one attached hydrogen (secondary N) is 1. The molecule has 2 amide bonds. The van der Waals surface area contributed by atoms with Gasteiger partial charge in [0, 0.05) is 44.0 Å². The van der Waals surface area contributed by atoms with E-state index < -0.39 is 0 Å². The van der Waals surface area contributed by atoms with E-state index in [9.17, 15) is 9.59 Å². The Morgan fingerprint density at radius 3 is 2.52 bits per heavy atom. The Bertz CT molecular complexity index is 1010. The quantitative estimate of drug-likeness (QED) is 0.554. The van der Waals surface area contributed by atoms with Crippen LogP contribution in [0.4, 0.5) is 0 Å². The van der Waals surface area contributed by atoms with Crippen molar-refractivity contribution in [3.05, 3.63) is 59.7 Å². The number of rotatable bonds is 7. The Kier molecular flexibility index (Phi) is 7.21. The number of piperazine rings is 1. The largest absolute Gasteiger partial charge is 0.355 e. The highest BCUT2D eigenvalue weighted by molar-refractivity contribution is 8.00. The Hall–Kier alpha value is -2.42. The molecule has 1 fully saturated rings. The van der Waals surface area contributed by atoms with Gasteiger partial charge >= 0.3 is 0 Å². The molecule has 3 aromatic rings. The van der Waals surface area contributed by atoms with Crippen molar-refractivity contribution >= 4 is 45.1 Å². The van der Waals surface area contributed by atoms with Crippen LogP contribution in [0.3, 0.4) is 0 Å². The van der Waals surface area contributed by atoms with Crippen LogP contribution in [0.15, 0.2) is 52.9 Å². The van der Waals surface area contributed by atoms with Crippen molar-refractivity contribution in [1.29, 1.82) is 0 Å². The van der Waals surface area contributed by atoms with Gasteiger partial charge in [0.1, 0.15) is 0 Å². The summed E-state index contributed by atoms with van der Waals surface area (Å²) in [5.41, 5.74) is 2.93. The van der Waals surface area contributed by atoms with E-state index in [1.165, 1.54) is 10.3 Å². The van der Waals surface area contributed by atoms with Crippen LogP contribution in [0.1, 0.15) is 22.8 Å². The van der Waals surface area contributed by atoms with E-state index in [0.717, 1.165) is 28.7 Å². The zero-order chi connectivity index (χ0) is 21.6. The van der Waals surface area contributed by atoms with Crippen LogP contribution >= 0.6 is 23.1 Å². The number of thioether (sulfide) groups is 1. The van der Waals surface area contributed by atoms with Crippen LogP contribution in [0.25, 0.3) is 10.2 Å². The molecule has 0 unspecified atom stereocenters. The smallest absolute Gasteiger partial charge is 0.253 e. The minimum absolute atomic E-state index is 0.0431. The normalized spacial score (nSPS) is 14.7. The number of hydrogen-bond donors (Lipinski definition) is 1. The van der Waals surface area contributed by atoms with Crippen LogP contribution < -0.4 is 5.32 Å². The van der Waals surface area contributed by atoms with Gasteiger partial charge in [-0.1, -0.05) is 36.0 Å². The van der Waals surface area contributed by atoms with Gasteiger partial charge in [0.15, 0.2) is 4.34 Å². The molecule has 2 aromatic carbocycles. The Morgan fingerprint density at radius 1 is 1.06 bits per heavy atom. The summed E-state index contributed by atoms with van der Waals surface area (Å²) in [6, 6.07) is 16.1. The number of para-hydroxylation sites is 1. The maximum absolute atomic E-state index is 12.8. The minimum Gasteiger partial charge on any atom is -0.355 e. The summed E-state index contributed by atoms with van der Waals surface area (Å²) in [5.74, 6) is 0.928. The van der Waals surface area contributed by atoms with E-state index in [2.05, 4.69) is 21.3 Å². The van der Waals surface area contributed by atoms with Gasteiger partial charge in [-0.05, 0) is 36.8 Å². The summed E-state index contributed by atoms with van der Waals surface area (Å²) < 4.78 is 2.27. The predicted octanol–water partition coefficient (Wildman–Crippen LogP) is 3.48. The molecule has 1 aliphatic heterocycles. The number of fused-ring (bicyclic) bond motifs is 1. The van der Waals surface area contributed by atoms with Crippen LogP contribution in [0.5, 0.6) is 0 Å². The standard InChI is InChI=1S/C23H26N4O2S2/c1-2-24-21(28)15-26-11-13-27(14-12-26)22(29)18-9-7-17(8-10-18)16-30-23-25-19-5-3-4-6-20(19)31-23/h3-10H,2,11-16H2,1H3,(H,24,28). The lowest BCUT2D eigenvalue weighted by Crippen LogP contribution is -2.51. The highest BCUT2D eigenvalue weighted by Gasteiger charge is 2.23. The molecule has 0 aliphatic carbocycles. The molecular formula is C23H26N4O2S2. The van der Waals surface area contributed by atoms with Gasteiger partial charge in [-0.3, -0.25) is 14.5 Å². The lowest BCUT2D eigenvalue weighted by Gasteiger charge is -2.34. The topological polar surface area (TPSA) is 65.5 Å². The molecular weight excluding hydrogens is 428 g/mol. The molecule has 162 valence electrons. The highest BCUT2D eigenvalue weighted by atomic mass is 32.2. The van der Waals surface area contributed by atoms with Crippen LogP contribution in [0.2, 0.25) is 0 Å². The third-order valence-electron chi connectivity index (χ3n) is 5.24. The van der Waals surface area contributed by atoms with E-state index in [4.69, 9.17) is 0 Å². The van der Waals surface area contributed by atoms with Crippen molar-refractivity contribution < 1.29 is 9.59 Å². The molecule has 1 N–H and O–H groups in total. The molecule has 0 radical (unpaired) electrons. The van der Waals surface area contributed by atoms with E-state index in [-0.39, 0.29) is 11.8 Å². The molecule has 0 spiro atoms. The zero-order valence-corrected chi connectivity index (χ0v) is 19.2. The van der Waals surface area contributed by atoms with Crippen LogP contribution in [-0.2, 0) is 10.5 Å². The molecule has 1 aromatic heterocycles. The van der Waals surface area contributed by atoms with E-state index in [1.54, 1.807) is 23.1 Å². The molecule has 4 rings (SSSR count). The second-order valence-corrected chi connectivity index (χ2v) is 9.71.